The van der Waals surface area contributed by atoms with E-state index in [2.05, 4.69) is 22.5 Å². The molecule has 1 N–H and O–H groups in total. The molecule has 1 nitrogen and oxygen atoms in total. The van der Waals surface area contributed by atoms with E-state index in [-0.39, 0.29) is 0 Å². The van der Waals surface area contributed by atoms with Gasteiger partial charge in [0, 0.05) is 9.50 Å². The molecular formula is C12H14BrClO. The molecule has 0 heterocycles. The SMILES string of the molecule is C=C(C)CCC(O)c1cc(Cl)cc(Br)c1. The Hall–Kier alpha value is -0.310. The summed E-state index contributed by atoms with van der Waals surface area (Å²) >= 11 is 9.25. The molecule has 0 aliphatic rings. The zero-order chi connectivity index (χ0) is 11.4. The highest BCUT2D eigenvalue weighted by molar-refractivity contribution is 9.10. The van der Waals surface area contributed by atoms with Crippen molar-refractivity contribution in [1.29, 1.82) is 0 Å². The smallest absolute Gasteiger partial charge is 0.0794 e. The van der Waals surface area contributed by atoms with Gasteiger partial charge in [0.1, 0.15) is 0 Å². The first-order valence-corrected chi connectivity index (χ1v) is 5.94. The van der Waals surface area contributed by atoms with Gasteiger partial charge >= 0.3 is 0 Å². The molecule has 82 valence electrons. The second-order valence-corrected chi connectivity index (χ2v) is 5.07. The van der Waals surface area contributed by atoms with Crippen LogP contribution in [-0.2, 0) is 0 Å². The van der Waals surface area contributed by atoms with Gasteiger partial charge in [-0.05, 0) is 43.5 Å². The van der Waals surface area contributed by atoms with Crippen molar-refractivity contribution in [3.63, 3.8) is 0 Å². The van der Waals surface area contributed by atoms with Gasteiger partial charge in [0.05, 0.1) is 6.10 Å². The summed E-state index contributed by atoms with van der Waals surface area (Å²) in [5.41, 5.74) is 1.92. The van der Waals surface area contributed by atoms with Crippen molar-refractivity contribution in [1.82, 2.24) is 0 Å². The Labute approximate surface area is 104 Å². The van der Waals surface area contributed by atoms with Crippen LogP contribution >= 0.6 is 27.5 Å². The average Bonchev–Trinajstić information content (AvgIpc) is 2.12. The van der Waals surface area contributed by atoms with Crippen molar-refractivity contribution in [3.05, 3.63) is 45.4 Å². The normalized spacial score (nSPS) is 12.5. The van der Waals surface area contributed by atoms with Crippen molar-refractivity contribution in [2.75, 3.05) is 0 Å². The van der Waals surface area contributed by atoms with E-state index in [1.54, 1.807) is 12.1 Å². The molecule has 1 atom stereocenters. The van der Waals surface area contributed by atoms with Crippen LogP contribution < -0.4 is 0 Å². The Morgan fingerprint density at radius 1 is 1.53 bits per heavy atom. The summed E-state index contributed by atoms with van der Waals surface area (Å²) in [4.78, 5) is 0. The Morgan fingerprint density at radius 2 is 2.20 bits per heavy atom. The molecule has 3 heteroatoms. The molecule has 0 saturated carbocycles. The van der Waals surface area contributed by atoms with E-state index < -0.39 is 6.10 Å². The van der Waals surface area contributed by atoms with Crippen molar-refractivity contribution in [2.45, 2.75) is 25.9 Å². The van der Waals surface area contributed by atoms with Gasteiger partial charge in [-0.15, -0.1) is 6.58 Å². The Balaban J connectivity index is 2.72. The maximum absolute atomic E-state index is 9.90. The molecule has 0 bridgehead atoms. The van der Waals surface area contributed by atoms with Gasteiger partial charge in [0.2, 0.25) is 0 Å². The van der Waals surface area contributed by atoms with E-state index in [9.17, 15) is 5.11 Å². The highest BCUT2D eigenvalue weighted by atomic mass is 79.9. The average molecular weight is 290 g/mol. The van der Waals surface area contributed by atoms with Crippen LogP contribution in [0.3, 0.4) is 0 Å². The lowest BCUT2D eigenvalue weighted by Gasteiger charge is -2.11. The highest BCUT2D eigenvalue weighted by Gasteiger charge is 2.08. The minimum atomic E-state index is -0.475. The van der Waals surface area contributed by atoms with Crippen LogP contribution in [-0.4, -0.2) is 5.11 Å². The second-order valence-electron chi connectivity index (χ2n) is 3.71. The summed E-state index contributed by atoms with van der Waals surface area (Å²) in [5, 5.41) is 10.5. The molecule has 0 radical (unpaired) electrons. The third kappa shape index (κ3) is 4.37. The summed E-state index contributed by atoms with van der Waals surface area (Å²) in [6.45, 7) is 5.77. The van der Waals surface area contributed by atoms with Crippen LogP contribution in [0.25, 0.3) is 0 Å². The number of rotatable bonds is 4. The van der Waals surface area contributed by atoms with Crippen LogP contribution in [0.4, 0.5) is 0 Å². The lowest BCUT2D eigenvalue weighted by atomic mass is 10.0. The van der Waals surface area contributed by atoms with Crippen molar-refractivity contribution in [2.24, 2.45) is 0 Å². The number of hydrogen-bond acceptors (Lipinski definition) is 1. The maximum Gasteiger partial charge on any atom is 0.0794 e. The van der Waals surface area contributed by atoms with E-state index >= 15 is 0 Å². The third-order valence-electron chi connectivity index (χ3n) is 2.11. The van der Waals surface area contributed by atoms with Crippen LogP contribution in [0, 0.1) is 0 Å². The summed E-state index contributed by atoms with van der Waals surface area (Å²) in [7, 11) is 0. The van der Waals surface area contributed by atoms with Crippen molar-refractivity contribution < 1.29 is 5.11 Å². The summed E-state index contributed by atoms with van der Waals surface area (Å²) in [5.74, 6) is 0. The van der Waals surface area contributed by atoms with Crippen LogP contribution in [0.1, 0.15) is 31.4 Å². The number of aliphatic hydroxyl groups excluding tert-OH is 1. The van der Waals surface area contributed by atoms with Gasteiger partial charge < -0.3 is 5.11 Å². The molecule has 1 unspecified atom stereocenters. The zero-order valence-electron chi connectivity index (χ0n) is 8.63. The lowest BCUT2D eigenvalue weighted by molar-refractivity contribution is 0.168. The molecule has 0 spiro atoms. The molecule has 0 aromatic heterocycles. The molecule has 0 aliphatic heterocycles. The minimum absolute atomic E-state index is 0.475. The standard InChI is InChI=1S/C12H14BrClO/c1-8(2)3-4-12(15)9-5-10(13)7-11(14)6-9/h5-7,12,15H,1,3-4H2,2H3. The number of aliphatic hydroxyl groups is 1. The Kier molecular flexibility index (Phi) is 4.84. The summed E-state index contributed by atoms with van der Waals surface area (Å²) in [6, 6.07) is 5.47. The molecular weight excluding hydrogens is 275 g/mol. The largest absolute Gasteiger partial charge is 0.388 e. The minimum Gasteiger partial charge on any atom is -0.388 e. The molecule has 0 aliphatic carbocycles. The molecule has 0 amide bonds. The molecule has 1 aromatic rings. The van der Waals surface area contributed by atoms with Gasteiger partial charge in [-0.25, -0.2) is 0 Å². The number of benzene rings is 1. The fraction of sp³-hybridized carbons (Fsp3) is 0.333. The Bertz CT molecular complexity index is 342. The molecule has 0 fully saturated rings. The molecule has 1 rings (SSSR count). The first kappa shape index (κ1) is 12.8. The highest BCUT2D eigenvalue weighted by Crippen LogP contribution is 2.26. The van der Waals surface area contributed by atoms with Gasteiger partial charge in [-0.3, -0.25) is 0 Å². The van der Waals surface area contributed by atoms with E-state index in [0.29, 0.717) is 11.4 Å². The molecule has 15 heavy (non-hydrogen) atoms. The van der Waals surface area contributed by atoms with Gasteiger partial charge in [-0.1, -0.05) is 33.1 Å². The monoisotopic (exact) mass is 288 g/mol. The van der Waals surface area contributed by atoms with Crippen molar-refractivity contribution >= 4 is 27.5 Å². The summed E-state index contributed by atoms with van der Waals surface area (Å²) in [6.07, 6.45) is 1.03. The van der Waals surface area contributed by atoms with E-state index in [0.717, 1.165) is 22.0 Å². The van der Waals surface area contributed by atoms with E-state index in [4.69, 9.17) is 11.6 Å². The van der Waals surface area contributed by atoms with Gasteiger partial charge in [-0.2, -0.15) is 0 Å². The van der Waals surface area contributed by atoms with Crippen LogP contribution in [0.15, 0.2) is 34.8 Å². The van der Waals surface area contributed by atoms with E-state index in [1.807, 2.05) is 13.0 Å². The number of halogens is 2. The predicted molar refractivity (Wildman–Crippen MR) is 68.2 cm³/mol. The molecule has 1 aromatic carbocycles. The van der Waals surface area contributed by atoms with Gasteiger partial charge in [0.15, 0.2) is 0 Å². The van der Waals surface area contributed by atoms with E-state index in [1.165, 1.54) is 0 Å². The van der Waals surface area contributed by atoms with Crippen LogP contribution in [0.5, 0.6) is 0 Å². The first-order valence-electron chi connectivity index (χ1n) is 4.77. The van der Waals surface area contributed by atoms with Gasteiger partial charge in [0.25, 0.3) is 0 Å². The fourth-order valence-corrected chi connectivity index (χ4v) is 2.20. The quantitative estimate of drug-likeness (QED) is 0.810. The maximum atomic E-state index is 9.90. The summed E-state index contributed by atoms with van der Waals surface area (Å²) < 4.78 is 0.888. The lowest BCUT2D eigenvalue weighted by Crippen LogP contribution is -1.97. The third-order valence-corrected chi connectivity index (χ3v) is 2.79. The number of hydrogen-bond donors (Lipinski definition) is 1. The number of allylic oxidation sites excluding steroid dienone is 1. The second kappa shape index (κ2) is 5.69. The fourth-order valence-electron chi connectivity index (χ4n) is 1.32. The predicted octanol–water partition coefficient (Wildman–Crippen LogP) is 4.49. The first-order chi connectivity index (χ1) is 6.99. The van der Waals surface area contributed by atoms with Crippen molar-refractivity contribution in [3.8, 4) is 0 Å². The van der Waals surface area contributed by atoms with Crippen LogP contribution in [0.2, 0.25) is 5.02 Å². The zero-order valence-corrected chi connectivity index (χ0v) is 11.0. The Morgan fingerprint density at radius 3 is 2.73 bits per heavy atom. The topological polar surface area (TPSA) is 20.2 Å². The molecule has 0 saturated heterocycles.